The van der Waals surface area contributed by atoms with Crippen LogP contribution in [0.5, 0.6) is 0 Å². The Morgan fingerprint density at radius 2 is 2.15 bits per heavy atom. The van der Waals surface area contributed by atoms with Crippen LogP contribution in [0, 0.1) is 4.77 Å². The van der Waals surface area contributed by atoms with Crippen molar-refractivity contribution in [2.75, 3.05) is 6.61 Å². The van der Waals surface area contributed by atoms with Gasteiger partial charge in [-0.3, -0.25) is 14.3 Å². The topological polar surface area (TPSA) is 85.7 Å². The standard InChI is InChI=1S/C12H16N2O5S/c1-12(2)18-8-6(5-15)17-10(9(8)19-12)14-4-3-7(16)13-11(14)20/h3-4,6,8-10,15H,5H2,1-2H3,(H,13,16,20)/t6-,8+,9?,10-/m1/s1. The van der Waals surface area contributed by atoms with Crippen LogP contribution in [0.3, 0.4) is 0 Å². The fraction of sp³-hybridized carbons (Fsp3) is 0.667. The van der Waals surface area contributed by atoms with E-state index in [-0.39, 0.29) is 29.1 Å². The number of ether oxygens (including phenoxy) is 3. The van der Waals surface area contributed by atoms with Gasteiger partial charge in [0.05, 0.1) is 6.61 Å². The number of fused-ring (bicyclic) bond motifs is 1. The van der Waals surface area contributed by atoms with Crippen molar-refractivity contribution in [2.45, 2.75) is 44.2 Å². The molecule has 0 spiro atoms. The summed E-state index contributed by atoms with van der Waals surface area (Å²) in [5.74, 6) is -0.741. The van der Waals surface area contributed by atoms with Crippen molar-refractivity contribution in [3.05, 3.63) is 27.4 Å². The van der Waals surface area contributed by atoms with Gasteiger partial charge < -0.3 is 19.3 Å². The van der Waals surface area contributed by atoms with Gasteiger partial charge in [0.2, 0.25) is 0 Å². The van der Waals surface area contributed by atoms with Crippen LogP contribution >= 0.6 is 12.2 Å². The Morgan fingerprint density at radius 3 is 2.80 bits per heavy atom. The maximum atomic E-state index is 11.2. The molecular formula is C12H16N2O5S. The largest absolute Gasteiger partial charge is 0.394 e. The molecule has 2 aliphatic heterocycles. The maximum absolute atomic E-state index is 11.2. The van der Waals surface area contributed by atoms with Crippen molar-refractivity contribution in [1.29, 1.82) is 0 Å². The highest BCUT2D eigenvalue weighted by Crippen LogP contribution is 2.42. The molecule has 2 fully saturated rings. The van der Waals surface area contributed by atoms with Gasteiger partial charge in [0, 0.05) is 12.3 Å². The highest BCUT2D eigenvalue weighted by Gasteiger charge is 2.55. The Morgan fingerprint density at radius 1 is 1.45 bits per heavy atom. The smallest absolute Gasteiger partial charge is 0.251 e. The second-order valence-corrected chi connectivity index (χ2v) is 5.72. The van der Waals surface area contributed by atoms with Crippen LogP contribution in [0.25, 0.3) is 0 Å². The third-order valence-electron chi connectivity index (χ3n) is 3.43. The zero-order valence-corrected chi connectivity index (χ0v) is 11.9. The van der Waals surface area contributed by atoms with E-state index in [9.17, 15) is 9.90 Å². The molecule has 0 aliphatic carbocycles. The highest BCUT2D eigenvalue weighted by molar-refractivity contribution is 7.71. The van der Waals surface area contributed by atoms with Crippen molar-refractivity contribution >= 4 is 12.2 Å². The van der Waals surface area contributed by atoms with E-state index >= 15 is 0 Å². The minimum atomic E-state index is -0.741. The van der Waals surface area contributed by atoms with Crippen LogP contribution in [0.2, 0.25) is 0 Å². The van der Waals surface area contributed by atoms with Gasteiger partial charge >= 0.3 is 0 Å². The normalized spacial score (nSPS) is 35.1. The van der Waals surface area contributed by atoms with Gasteiger partial charge in [-0.05, 0) is 26.1 Å². The molecule has 20 heavy (non-hydrogen) atoms. The maximum Gasteiger partial charge on any atom is 0.251 e. The SMILES string of the molecule is CC1(C)OC2[C@@H](O1)[C@@H](CO)O[C@H]2n1ccc(=O)[nH]c1=S. The summed E-state index contributed by atoms with van der Waals surface area (Å²) in [6, 6.07) is 1.36. The van der Waals surface area contributed by atoms with Gasteiger partial charge in [-0.25, -0.2) is 0 Å². The third-order valence-corrected chi connectivity index (χ3v) is 3.74. The van der Waals surface area contributed by atoms with Crippen molar-refractivity contribution in [3.63, 3.8) is 0 Å². The number of aromatic nitrogens is 2. The summed E-state index contributed by atoms with van der Waals surface area (Å²) in [6.07, 6.45) is -0.227. The Balaban J connectivity index is 1.98. The summed E-state index contributed by atoms with van der Waals surface area (Å²) in [4.78, 5) is 13.8. The number of aliphatic hydroxyl groups excluding tert-OH is 1. The van der Waals surface area contributed by atoms with Gasteiger partial charge in [0.1, 0.15) is 18.3 Å². The Labute approximate surface area is 120 Å². The fourth-order valence-electron chi connectivity index (χ4n) is 2.66. The molecule has 3 heterocycles. The van der Waals surface area contributed by atoms with Gasteiger partial charge in [0.15, 0.2) is 16.8 Å². The molecule has 110 valence electrons. The van der Waals surface area contributed by atoms with Crippen LogP contribution in [-0.4, -0.2) is 45.4 Å². The lowest BCUT2D eigenvalue weighted by molar-refractivity contribution is -0.200. The summed E-state index contributed by atoms with van der Waals surface area (Å²) < 4.78 is 19.2. The highest BCUT2D eigenvalue weighted by atomic mass is 32.1. The summed E-state index contributed by atoms with van der Waals surface area (Å²) in [5.41, 5.74) is -0.275. The monoisotopic (exact) mass is 300 g/mol. The van der Waals surface area contributed by atoms with E-state index in [1.54, 1.807) is 10.8 Å². The van der Waals surface area contributed by atoms with Crippen LogP contribution in [0.15, 0.2) is 17.1 Å². The quantitative estimate of drug-likeness (QED) is 0.765. The number of nitrogens with one attached hydrogen (secondary N) is 1. The first-order valence-corrected chi connectivity index (χ1v) is 6.75. The molecule has 1 aromatic rings. The lowest BCUT2D eigenvalue weighted by Gasteiger charge is -2.24. The molecule has 2 N–H and O–H groups in total. The van der Waals surface area contributed by atoms with E-state index < -0.39 is 18.1 Å². The average molecular weight is 300 g/mol. The Kier molecular flexibility index (Phi) is 3.30. The van der Waals surface area contributed by atoms with Crippen LogP contribution < -0.4 is 5.56 Å². The third kappa shape index (κ3) is 2.23. The molecule has 0 aromatic carbocycles. The molecule has 0 amide bonds. The van der Waals surface area contributed by atoms with Gasteiger partial charge in [0.25, 0.3) is 5.56 Å². The van der Waals surface area contributed by atoms with Gasteiger partial charge in [-0.2, -0.15) is 0 Å². The molecule has 3 rings (SSSR count). The number of aromatic amines is 1. The molecule has 7 nitrogen and oxygen atoms in total. The number of aliphatic hydroxyl groups is 1. The Bertz CT molecular complexity index is 625. The van der Waals surface area contributed by atoms with Gasteiger partial charge in [-0.15, -0.1) is 0 Å². The summed E-state index contributed by atoms with van der Waals surface area (Å²) in [5, 5.41) is 9.41. The van der Waals surface area contributed by atoms with E-state index in [2.05, 4.69) is 4.98 Å². The lowest BCUT2D eigenvalue weighted by Crippen LogP contribution is -2.31. The first-order chi connectivity index (χ1) is 9.41. The number of H-pyrrole nitrogens is 1. The molecule has 1 unspecified atom stereocenters. The molecule has 2 saturated heterocycles. The van der Waals surface area contributed by atoms with E-state index in [1.807, 2.05) is 13.8 Å². The zero-order chi connectivity index (χ0) is 14.5. The molecule has 2 aliphatic rings. The van der Waals surface area contributed by atoms with Gasteiger partial charge in [-0.1, -0.05) is 0 Å². The first-order valence-electron chi connectivity index (χ1n) is 6.35. The predicted molar refractivity (Wildman–Crippen MR) is 70.7 cm³/mol. The summed E-state index contributed by atoms with van der Waals surface area (Å²) in [6.45, 7) is 3.44. The molecule has 0 saturated carbocycles. The molecule has 0 bridgehead atoms. The molecule has 4 atom stereocenters. The number of hydrogen-bond acceptors (Lipinski definition) is 6. The fourth-order valence-corrected chi connectivity index (χ4v) is 2.92. The van der Waals surface area contributed by atoms with E-state index in [1.165, 1.54) is 6.07 Å². The van der Waals surface area contributed by atoms with Crippen molar-refractivity contribution < 1.29 is 19.3 Å². The van der Waals surface area contributed by atoms with Crippen LogP contribution in [-0.2, 0) is 14.2 Å². The second-order valence-electron chi connectivity index (χ2n) is 5.33. The van der Waals surface area contributed by atoms with E-state index in [0.717, 1.165) is 0 Å². The second kappa shape index (κ2) is 4.74. The summed E-state index contributed by atoms with van der Waals surface area (Å²) in [7, 11) is 0. The Hall–Kier alpha value is -1.06. The molecule has 8 heteroatoms. The first kappa shape index (κ1) is 13.9. The van der Waals surface area contributed by atoms with Crippen LogP contribution in [0.4, 0.5) is 0 Å². The van der Waals surface area contributed by atoms with Crippen molar-refractivity contribution in [1.82, 2.24) is 9.55 Å². The number of nitrogens with zero attached hydrogens (tertiary/aromatic N) is 1. The molecule has 0 radical (unpaired) electrons. The predicted octanol–water partition coefficient (Wildman–Crippen LogP) is 0.316. The lowest BCUT2D eigenvalue weighted by atomic mass is 10.1. The molecular weight excluding hydrogens is 284 g/mol. The van der Waals surface area contributed by atoms with Crippen molar-refractivity contribution in [2.24, 2.45) is 0 Å². The van der Waals surface area contributed by atoms with E-state index in [0.29, 0.717) is 0 Å². The number of hydrogen-bond donors (Lipinski definition) is 2. The minimum absolute atomic E-state index is 0.173. The molecule has 1 aromatic heterocycles. The zero-order valence-electron chi connectivity index (χ0n) is 11.1. The minimum Gasteiger partial charge on any atom is -0.394 e. The summed E-state index contributed by atoms with van der Waals surface area (Å²) >= 11 is 5.14. The average Bonchev–Trinajstić information content (AvgIpc) is 2.83. The van der Waals surface area contributed by atoms with Crippen LogP contribution in [0.1, 0.15) is 20.1 Å². The van der Waals surface area contributed by atoms with Crippen molar-refractivity contribution in [3.8, 4) is 0 Å². The number of rotatable bonds is 2. The van der Waals surface area contributed by atoms with E-state index in [4.69, 9.17) is 26.4 Å².